The van der Waals surface area contributed by atoms with Crippen molar-refractivity contribution in [1.82, 2.24) is 19.9 Å². The van der Waals surface area contributed by atoms with Gasteiger partial charge in [0, 0.05) is 43.5 Å². The minimum atomic E-state index is -0.242. The highest BCUT2D eigenvalue weighted by atomic mass is 32.1. The average Bonchev–Trinajstić information content (AvgIpc) is 3.17. The van der Waals surface area contributed by atoms with E-state index < -0.39 is 0 Å². The second-order valence-electron chi connectivity index (χ2n) is 9.66. The molecule has 0 atom stereocenters. The van der Waals surface area contributed by atoms with Gasteiger partial charge in [-0.1, -0.05) is 13.8 Å². The number of ether oxygens (including phenoxy) is 2. The number of carbonyl (C=O) groups is 1. The number of amides is 1. The van der Waals surface area contributed by atoms with Gasteiger partial charge in [0.05, 0.1) is 34.7 Å². The van der Waals surface area contributed by atoms with E-state index in [2.05, 4.69) is 37.6 Å². The average molecular weight is 470 g/mol. The number of rotatable bonds is 3. The van der Waals surface area contributed by atoms with Crippen LogP contribution in [-0.4, -0.2) is 64.3 Å². The fourth-order valence-electron chi connectivity index (χ4n) is 4.84. The van der Waals surface area contributed by atoms with Crippen LogP contribution >= 0.6 is 11.3 Å². The van der Waals surface area contributed by atoms with Crippen molar-refractivity contribution in [3.05, 3.63) is 23.1 Å². The molecule has 1 amide bonds. The second-order valence-corrected chi connectivity index (χ2v) is 10.7. The van der Waals surface area contributed by atoms with Crippen LogP contribution in [0.15, 0.2) is 6.33 Å². The molecule has 5 rings (SSSR count). The molecule has 5 heterocycles. The third-order valence-electron chi connectivity index (χ3n) is 6.49. The van der Waals surface area contributed by atoms with E-state index in [1.807, 2.05) is 6.92 Å². The maximum Gasteiger partial charge on any atom is 0.409 e. The standard InChI is InChI=1S/C24H31N5O3S/c1-6-31-23(30)29-9-7-28(8-10-29)21-20-19(25-13-26-21)17-15-11-24(4,5)32-12-16(15)18(14(2)3)27-22(17)33-20/h13-14H,6-12H2,1-5H3. The molecule has 1 fully saturated rings. The van der Waals surface area contributed by atoms with E-state index >= 15 is 0 Å². The lowest BCUT2D eigenvalue weighted by Gasteiger charge is -2.34. The summed E-state index contributed by atoms with van der Waals surface area (Å²) in [5.41, 5.74) is 4.42. The van der Waals surface area contributed by atoms with Gasteiger partial charge in [0.25, 0.3) is 0 Å². The Morgan fingerprint density at radius 1 is 1.21 bits per heavy atom. The Hall–Kier alpha value is -2.52. The van der Waals surface area contributed by atoms with Gasteiger partial charge in [0.2, 0.25) is 0 Å². The molecule has 3 aromatic heterocycles. The van der Waals surface area contributed by atoms with Crippen LogP contribution in [-0.2, 0) is 22.5 Å². The molecule has 2 aliphatic heterocycles. The van der Waals surface area contributed by atoms with Crippen LogP contribution in [0.4, 0.5) is 10.6 Å². The summed E-state index contributed by atoms with van der Waals surface area (Å²) in [6, 6.07) is 0. The molecule has 0 aromatic carbocycles. The van der Waals surface area contributed by atoms with Gasteiger partial charge in [-0.2, -0.15) is 0 Å². The highest BCUT2D eigenvalue weighted by Crippen LogP contribution is 2.43. The number of thiophene rings is 1. The summed E-state index contributed by atoms with van der Waals surface area (Å²) in [4.78, 5) is 31.6. The lowest BCUT2D eigenvalue weighted by Crippen LogP contribution is -2.49. The summed E-state index contributed by atoms with van der Waals surface area (Å²) >= 11 is 1.68. The minimum Gasteiger partial charge on any atom is -0.450 e. The fraction of sp³-hybridized carbons (Fsp3) is 0.583. The van der Waals surface area contributed by atoms with Crippen LogP contribution in [0.1, 0.15) is 57.4 Å². The SMILES string of the molecule is CCOC(=O)N1CCN(c2ncnc3c2sc2nc(C(C)C)c4c(c23)CC(C)(C)OC4)CC1. The molecule has 0 N–H and O–H groups in total. The van der Waals surface area contributed by atoms with Crippen molar-refractivity contribution in [3.8, 4) is 0 Å². The number of anilines is 1. The molecule has 0 saturated carbocycles. The third-order valence-corrected chi connectivity index (χ3v) is 7.56. The fourth-order valence-corrected chi connectivity index (χ4v) is 6.02. The lowest BCUT2D eigenvalue weighted by molar-refractivity contribution is -0.0402. The van der Waals surface area contributed by atoms with Crippen LogP contribution in [0.25, 0.3) is 20.4 Å². The Balaban J connectivity index is 1.58. The van der Waals surface area contributed by atoms with Crippen molar-refractivity contribution in [1.29, 1.82) is 0 Å². The monoisotopic (exact) mass is 469 g/mol. The summed E-state index contributed by atoms with van der Waals surface area (Å²) in [5.74, 6) is 1.25. The molecule has 0 aliphatic carbocycles. The molecule has 33 heavy (non-hydrogen) atoms. The molecule has 8 nitrogen and oxygen atoms in total. The van der Waals surface area contributed by atoms with Crippen molar-refractivity contribution in [3.63, 3.8) is 0 Å². The van der Waals surface area contributed by atoms with Gasteiger partial charge in [-0.25, -0.2) is 19.7 Å². The van der Waals surface area contributed by atoms with Crippen molar-refractivity contribution in [2.24, 2.45) is 0 Å². The van der Waals surface area contributed by atoms with E-state index in [4.69, 9.17) is 19.4 Å². The predicted molar refractivity (Wildman–Crippen MR) is 130 cm³/mol. The van der Waals surface area contributed by atoms with Crippen LogP contribution < -0.4 is 4.90 Å². The van der Waals surface area contributed by atoms with Gasteiger partial charge in [0.15, 0.2) is 0 Å². The molecule has 2 aliphatic rings. The van der Waals surface area contributed by atoms with Crippen LogP contribution in [0.5, 0.6) is 0 Å². The van der Waals surface area contributed by atoms with E-state index in [0.717, 1.165) is 38.4 Å². The van der Waals surface area contributed by atoms with Gasteiger partial charge >= 0.3 is 6.09 Å². The number of nitrogens with zero attached hydrogens (tertiary/aromatic N) is 5. The number of aromatic nitrogens is 3. The molecular weight excluding hydrogens is 438 g/mol. The summed E-state index contributed by atoms with van der Waals surface area (Å²) in [6.45, 7) is 14.1. The molecule has 1 saturated heterocycles. The van der Waals surface area contributed by atoms with Gasteiger partial charge in [0.1, 0.15) is 17.0 Å². The minimum absolute atomic E-state index is 0.219. The quantitative estimate of drug-likeness (QED) is 0.559. The number of piperazine rings is 1. The number of hydrogen-bond acceptors (Lipinski definition) is 8. The summed E-state index contributed by atoms with van der Waals surface area (Å²) < 4.78 is 12.4. The molecule has 9 heteroatoms. The Kier molecular flexibility index (Phi) is 5.64. The maximum absolute atomic E-state index is 12.1. The summed E-state index contributed by atoms with van der Waals surface area (Å²) in [5, 5.41) is 1.15. The zero-order valence-electron chi connectivity index (χ0n) is 20.0. The number of carbonyl (C=O) groups excluding carboxylic acids is 1. The highest BCUT2D eigenvalue weighted by molar-refractivity contribution is 7.26. The Labute approximate surface area is 197 Å². The lowest BCUT2D eigenvalue weighted by atomic mass is 9.87. The van der Waals surface area contributed by atoms with Gasteiger partial charge < -0.3 is 19.3 Å². The van der Waals surface area contributed by atoms with Crippen molar-refractivity contribution in [2.75, 3.05) is 37.7 Å². The molecule has 3 aromatic rings. The van der Waals surface area contributed by atoms with Crippen LogP contribution in [0.2, 0.25) is 0 Å². The normalized spacial score (nSPS) is 18.2. The van der Waals surface area contributed by atoms with Gasteiger partial charge in [-0.3, -0.25) is 0 Å². The highest BCUT2D eigenvalue weighted by Gasteiger charge is 2.33. The first-order valence-corrected chi connectivity index (χ1v) is 12.5. The molecule has 0 bridgehead atoms. The number of pyridine rings is 1. The Morgan fingerprint density at radius 3 is 2.67 bits per heavy atom. The topological polar surface area (TPSA) is 80.7 Å². The second kappa shape index (κ2) is 8.36. The zero-order chi connectivity index (χ0) is 23.3. The van der Waals surface area contributed by atoms with E-state index in [-0.39, 0.29) is 11.7 Å². The molecule has 0 unspecified atom stereocenters. The molecular formula is C24H31N5O3S. The van der Waals surface area contributed by atoms with Gasteiger partial charge in [-0.15, -0.1) is 11.3 Å². The smallest absolute Gasteiger partial charge is 0.409 e. The summed E-state index contributed by atoms with van der Waals surface area (Å²) in [6.07, 6.45) is 2.26. The Morgan fingerprint density at radius 2 is 1.97 bits per heavy atom. The van der Waals surface area contributed by atoms with E-state index in [1.54, 1.807) is 22.6 Å². The van der Waals surface area contributed by atoms with E-state index in [1.165, 1.54) is 11.1 Å². The van der Waals surface area contributed by atoms with Crippen molar-refractivity contribution >= 4 is 43.7 Å². The largest absolute Gasteiger partial charge is 0.450 e. The molecule has 0 radical (unpaired) electrons. The van der Waals surface area contributed by atoms with E-state index in [0.29, 0.717) is 45.3 Å². The third kappa shape index (κ3) is 3.91. The first-order chi connectivity index (χ1) is 15.8. The van der Waals surface area contributed by atoms with Crippen LogP contribution in [0.3, 0.4) is 0 Å². The predicted octanol–water partition coefficient (Wildman–Crippen LogP) is 4.49. The van der Waals surface area contributed by atoms with Crippen molar-refractivity contribution in [2.45, 2.75) is 59.2 Å². The first-order valence-electron chi connectivity index (χ1n) is 11.7. The van der Waals surface area contributed by atoms with E-state index in [9.17, 15) is 4.79 Å². The molecule has 0 spiro atoms. The zero-order valence-corrected chi connectivity index (χ0v) is 20.8. The Bertz CT molecular complexity index is 1210. The van der Waals surface area contributed by atoms with Crippen molar-refractivity contribution < 1.29 is 14.3 Å². The maximum atomic E-state index is 12.1. The van der Waals surface area contributed by atoms with Gasteiger partial charge in [-0.05, 0) is 32.3 Å². The first kappa shape index (κ1) is 22.3. The van der Waals surface area contributed by atoms with Crippen LogP contribution in [0, 0.1) is 0 Å². The number of hydrogen-bond donors (Lipinski definition) is 0. The number of fused-ring (bicyclic) bond motifs is 5. The molecule has 176 valence electrons. The summed E-state index contributed by atoms with van der Waals surface area (Å²) in [7, 11) is 0.